The predicted molar refractivity (Wildman–Crippen MR) is 70.1 cm³/mol. The highest BCUT2D eigenvalue weighted by molar-refractivity contribution is 7.14. The molecule has 0 atom stereocenters. The molecule has 2 heterocycles. The fourth-order valence-corrected chi connectivity index (χ4v) is 3.50. The maximum atomic E-state index is 12.2. The highest BCUT2D eigenvalue weighted by Gasteiger charge is 2.21. The molecule has 0 radical (unpaired) electrons. The highest BCUT2D eigenvalue weighted by Crippen LogP contribution is 2.31. The topological polar surface area (TPSA) is 67.5 Å². The number of hydrogen-bond donors (Lipinski definition) is 1. The molecule has 2 aromatic heterocycles. The van der Waals surface area contributed by atoms with Crippen LogP contribution in [0.3, 0.4) is 0 Å². The number of carboxylic acids is 1. The van der Waals surface area contributed by atoms with E-state index in [1.807, 2.05) is 6.07 Å². The molecule has 0 fully saturated rings. The summed E-state index contributed by atoms with van der Waals surface area (Å²) in [5.74, 6) is -1.50. The largest absolute Gasteiger partial charge is 0.475 e. The van der Waals surface area contributed by atoms with Gasteiger partial charge in [0.05, 0.1) is 4.88 Å². The first-order valence-electron chi connectivity index (χ1n) is 6.14. The lowest BCUT2D eigenvalue weighted by Crippen LogP contribution is -1.98. The molecule has 0 amide bonds. The molecule has 0 saturated heterocycles. The summed E-state index contributed by atoms with van der Waals surface area (Å²) >= 11 is 1.50. The second kappa shape index (κ2) is 4.66. The van der Waals surface area contributed by atoms with Gasteiger partial charge in [0.1, 0.15) is 0 Å². The lowest BCUT2D eigenvalue weighted by atomic mass is 9.99. The van der Waals surface area contributed by atoms with Gasteiger partial charge >= 0.3 is 5.97 Å². The Morgan fingerprint density at radius 1 is 1.16 bits per heavy atom. The lowest BCUT2D eigenvalue weighted by molar-refractivity contribution is 0.0660. The van der Waals surface area contributed by atoms with Gasteiger partial charge in [-0.05, 0) is 49.4 Å². The van der Waals surface area contributed by atoms with E-state index in [0.717, 1.165) is 12.8 Å². The van der Waals surface area contributed by atoms with Crippen molar-refractivity contribution >= 4 is 23.1 Å². The van der Waals surface area contributed by atoms with Crippen LogP contribution in [0.2, 0.25) is 0 Å². The minimum Gasteiger partial charge on any atom is -0.475 e. The fourth-order valence-electron chi connectivity index (χ4n) is 2.30. The van der Waals surface area contributed by atoms with Gasteiger partial charge in [0.15, 0.2) is 5.76 Å². The summed E-state index contributed by atoms with van der Waals surface area (Å²) in [4.78, 5) is 24.9. The Hall–Kier alpha value is -1.88. The zero-order chi connectivity index (χ0) is 13.4. The van der Waals surface area contributed by atoms with Crippen LogP contribution >= 0.6 is 11.3 Å². The van der Waals surface area contributed by atoms with E-state index >= 15 is 0 Å². The number of hydrogen-bond acceptors (Lipinski definition) is 4. The summed E-state index contributed by atoms with van der Waals surface area (Å²) in [6.07, 6.45) is 4.40. The monoisotopic (exact) mass is 276 g/mol. The van der Waals surface area contributed by atoms with E-state index in [4.69, 9.17) is 9.52 Å². The zero-order valence-electron chi connectivity index (χ0n) is 10.1. The van der Waals surface area contributed by atoms with Crippen molar-refractivity contribution in [3.05, 3.63) is 45.0 Å². The van der Waals surface area contributed by atoms with E-state index < -0.39 is 5.97 Å². The number of aryl methyl sites for hydroxylation is 2. The van der Waals surface area contributed by atoms with E-state index in [-0.39, 0.29) is 17.3 Å². The average Bonchev–Trinajstić information content (AvgIpc) is 3.04. The Kier molecular flexibility index (Phi) is 2.98. The van der Waals surface area contributed by atoms with Gasteiger partial charge in [-0.25, -0.2) is 4.79 Å². The minimum absolute atomic E-state index is 0.0935. The predicted octanol–water partition coefficient (Wildman–Crippen LogP) is 3.15. The van der Waals surface area contributed by atoms with E-state index in [1.165, 1.54) is 46.8 Å². The Labute approximate surface area is 113 Å². The molecule has 98 valence electrons. The van der Waals surface area contributed by atoms with E-state index in [0.29, 0.717) is 4.88 Å². The first-order valence-corrected chi connectivity index (χ1v) is 6.96. The van der Waals surface area contributed by atoms with Crippen molar-refractivity contribution < 1.29 is 19.1 Å². The average molecular weight is 276 g/mol. The SMILES string of the molecule is O=C(O)c1ccc(C(=O)c2cc3c(s2)CCCC3)o1. The van der Waals surface area contributed by atoms with Crippen LogP contribution in [-0.2, 0) is 12.8 Å². The Bertz CT molecular complexity index is 627. The van der Waals surface area contributed by atoms with Crippen LogP contribution in [0.25, 0.3) is 0 Å². The normalized spacial score (nSPS) is 14.1. The van der Waals surface area contributed by atoms with Crippen LogP contribution in [0, 0.1) is 0 Å². The third-order valence-corrected chi connectivity index (χ3v) is 4.50. The van der Waals surface area contributed by atoms with Crippen LogP contribution in [0.1, 0.15) is 49.3 Å². The molecule has 0 bridgehead atoms. The standard InChI is InChI=1S/C14H12O4S/c15-13(9-5-6-10(18-9)14(16)17)12-7-8-3-1-2-4-11(8)19-12/h5-7H,1-4H2,(H,16,17). The van der Waals surface area contributed by atoms with Gasteiger partial charge < -0.3 is 9.52 Å². The molecule has 5 heteroatoms. The molecule has 2 aromatic rings. The molecular formula is C14H12O4S. The smallest absolute Gasteiger partial charge is 0.371 e. The number of carbonyl (C=O) groups is 2. The third-order valence-electron chi connectivity index (χ3n) is 3.26. The molecule has 19 heavy (non-hydrogen) atoms. The molecule has 0 aliphatic heterocycles. The number of fused-ring (bicyclic) bond motifs is 1. The van der Waals surface area contributed by atoms with Crippen LogP contribution in [0.4, 0.5) is 0 Å². The Balaban J connectivity index is 1.90. The summed E-state index contributed by atoms with van der Waals surface area (Å²) in [5, 5.41) is 8.78. The Morgan fingerprint density at radius 3 is 2.58 bits per heavy atom. The summed E-state index contributed by atoms with van der Waals surface area (Å²) in [5.41, 5.74) is 1.25. The van der Waals surface area contributed by atoms with Crippen molar-refractivity contribution in [1.29, 1.82) is 0 Å². The van der Waals surface area contributed by atoms with Crippen molar-refractivity contribution in [1.82, 2.24) is 0 Å². The molecule has 0 spiro atoms. The third kappa shape index (κ3) is 2.21. The molecule has 1 aliphatic carbocycles. The minimum atomic E-state index is -1.16. The van der Waals surface area contributed by atoms with Crippen molar-refractivity contribution in [3.8, 4) is 0 Å². The van der Waals surface area contributed by atoms with Gasteiger partial charge in [-0.2, -0.15) is 0 Å². The number of carboxylic acid groups (broad SMARTS) is 1. The lowest BCUT2D eigenvalue weighted by Gasteiger charge is -2.08. The van der Waals surface area contributed by atoms with E-state index in [9.17, 15) is 9.59 Å². The molecule has 0 saturated carbocycles. The van der Waals surface area contributed by atoms with Gasteiger partial charge in [-0.1, -0.05) is 0 Å². The first-order chi connectivity index (χ1) is 9.15. The maximum Gasteiger partial charge on any atom is 0.371 e. The van der Waals surface area contributed by atoms with Crippen LogP contribution in [0.5, 0.6) is 0 Å². The number of rotatable bonds is 3. The number of ketones is 1. The molecule has 3 rings (SSSR count). The molecule has 1 aliphatic rings. The number of furan rings is 1. The highest BCUT2D eigenvalue weighted by atomic mass is 32.1. The van der Waals surface area contributed by atoms with Gasteiger partial charge in [-0.3, -0.25) is 4.79 Å². The van der Waals surface area contributed by atoms with Crippen LogP contribution < -0.4 is 0 Å². The van der Waals surface area contributed by atoms with Crippen molar-refractivity contribution in [2.75, 3.05) is 0 Å². The molecular weight excluding hydrogens is 264 g/mol. The maximum absolute atomic E-state index is 12.2. The molecule has 1 N–H and O–H groups in total. The molecule has 0 aromatic carbocycles. The summed E-state index contributed by atoms with van der Waals surface area (Å²) < 4.78 is 5.05. The van der Waals surface area contributed by atoms with Gasteiger partial charge in [0, 0.05) is 4.88 Å². The van der Waals surface area contributed by atoms with Crippen LogP contribution in [0.15, 0.2) is 22.6 Å². The summed E-state index contributed by atoms with van der Waals surface area (Å²) in [6, 6.07) is 4.65. The summed E-state index contributed by atoms with van der Waals surface area (Å²) in [7, 11) is 0. The van der Waals surface area contributed by atoms with E-state index in [2.05, 4.69) is 0 Å². The number of carbonyl (C=O) groups excluding carboxylic acids is 1. The van der Waals surface area contributed by atoms with Crippen molar-refractivity contribution in [3.63, 3.8) is 0 Å². The van der Waals surface area contributed by atoms with Crippen molar-refractivity contribution in [2.24, 2.45) is 0 Å². The zero-order valence-corrected chi connectivity index (χ0v) is 11.0. The second-order valence-electron chi connectivity index (χ2n) is 4.56. The number of aromatic carboxylic acids is 1. The second-order valence-corrected chi connectivity index (χ2v) is 5.70. The number of thiophene rings is 1. The Morgan fingerprint density at radius 2 is 1.89 bits per heavy atom. The van der Waals surface area contributed by atoms with E-state index in [1.54, 1.807) is 0 Å². The fraction of sp³-hybridized carbons (Fsp3) is 0.286. The van der Waals surface area contributed by atoms with Crippen LogP contribution in [-0.4, -0.2) is 16.9 Å². The quantitative estimate of drug-likeness (QED) is 0.874. The first kappa shape index (κ1) is 12.2. The van der Waals surface area contributed by atoms with Gasteiger partial charge in [-0.15, -0.1) is 11.3 Å². The molecule has 0 unspecified atom stereocenters. The molecule has 4 nitrogen and oxygen atoms in total. The summed E-state index contributed by atoms with van der Waals surface area (Å²) in [6.45, 7) is 0. The van der Waals surface area contributed by atoms with Gasteiger partial charge in [0.2, 0.25) is 11.5 Å². The van der Waals surface area contributed by atoms with Crippen molar-refractivity contribution in [2.45, 2.75) is 25.7 Å². The van der Waals surface area contributed by atoms with Gasteiger partial charge in [0.25, 0.3) is 0 Å².